The summed E-state index contributed by atoms with van der Waals surface area (Å²) in [6.45, 7) is 11.0. The lowest BCUT2D eigenvalue weighted by atomic mass is 10.1. The molecule has 11 rings (SSSR count). The molecule has 0 aliphatic carbocycles. The first-order valence-electron chi connectivity index (χ1n) is 43.0. The molecule has 0 amide bonds. The van der Waals surface area contributed by atoms with Gasteiger partial charge in [0, 0.05) is 94.0 Å². The molecule has 0 fully saturated rings. The van der Waals surface area contributed by atoms with E-state index in [-0.39, 0.29) is 0 Å². The number of thiophene rings is 2. The second-order valence-electron chi connectivity index (χ2n) is 34.4. The van der Waals surface area contributed by atoms with Crippen LogP contribution in [0.1, 0.15) is 103 Å². The summed E-state index contributed by atoms with van der Waals surface area (Å²) in [5, 5.41) is 8.75. The van der Waals surface area contributed by atoms with Crippen LogP contribution in [-0.4, -0.2) is 225 Å². The van der Waals surface area contributed by atoms with Gasteiger partial charge in [0.05, 0.1) is 170 Å². The first kappa shape index (κ1) is 110. The van der Waals surface area contributed by atoms with Crippen LogP contribution in [0.3, 0.4) is 0 Å². The molecule has 18 heteroatoms. The number of ether oxygens (including phenoxy) is 6. The van der Waals surface area contributed by atoms with Crippen molar-refractivity contribution in [3.63, 3.8) is 0 Å². The molecule has 0 spiro atoms. The van der Waals surface area contributed by atoms with Crippen LogP contribution >= 0.6 is 90.4 Å². The number of hydrogen-bond donors (Lipinski definition) is 1. The maximum atomic E-state index is 8.75. The van der Waals surface area contributed by atoms with E-state index in [1.54, 1.807) is 23.5 Å². The lowest BCUT2D eigenvalue weighted by Gasteiger charge is -2.23. The topological polar surface area (TPSA) is 82.1 Å². The zero-order valence-electron chi connectivity index (χ0n) is 78.7. The van der Waals surface area contributed by atoms with E-state index in [0.29, 0.717) is 5.75 Å². The quantitative estimate of drug-likeness (QED) is 0.0205. The predicted octanol–water partition coefficient (Wildman–Crippen LogP) is 21.5. The number of phenols is 1. The Balaban J connectivity index is 0.000000295. The van der Waals surface area contributed by atoms with E-state index in [0.717, 1.165) is 237 Å². The van der Waals surface area contributed by atoms with Gasteiger partial charge in [0.15, 0.2) is 0 Å². The summed E-state index contributed by atoms with van der Waals surface area (Å²) in [5.41, 5.74) is 7.52. The van der Waals surface area contributed by atoms with Crippen molar-refractivity contribution < 1.29 is 51.5 Å². The first-order chi connectivity index (χ1) is 62.0. The summed E-state index contributed by atoms with van der Waals surface area (Å²) in [7, 11) is 34.6. The van der Waals surface area contributed by atoms with Crippen LogP contribution in [0.2, 0.25) is 0 Å². The minimum atomic E-state index is 0.324. The third-order valence-electron chi connectivity index (χ3n) is 17.8. The molecule has 13 nitrogen and oxygen atoms in total. The Kier molecular flexibility index (Phi) is 51.7. The number of benzene rings is 9. The second-order valence-corrected chi connectivity index (χ2v) is 40.3. The molecule has 0 radical (unpaired) electrons. The molecule has 130 heavy (non-hydrogen) atoms. The zero-order valence-corrected chi connectivity index (χ0v) is 86.8. The summed E-state index contributed by atoms with van der Waals surface area (Å²) in [6, 6.07) is 78.4. The Morgan fingerprint density at radius 2 is 0.446 bits per heavy atom. The standard InChI is InChI=1S/C34H42N2O2.C32H40N2O2S.2C11H16INO.C10H6.C8H4S.C6H5IO/c1-35(2,3)25-7-27-37-33-21-17-31(18-22-33)15-13-29-9-11-30(12-10-29)14-16-32-19-23-34(24-20-32)38-28-8-26-36(4,5)6;1-33(2,3)23-7-25-35-29-15-9-27(10-16-29)13-19-31-21-22-32(37-31)20-14-28-11-17-30(18-12-28)36-26-8-24-34(4,5)6;2*1-13(2)8-3-9-14-11-6-4-10(12)5-7-11;1-3-9-5-7-10(4-2)8-6-9;1-3-7-5-6-8(4-2)9-7;7-5-1-3-6(8)4-2-5/h9-12,17-24H,7-8,25-28H2,1-6H3;9-12,15-18,21-22H,7-8,23-26H2,1-6H3;2*4-7H,3,8-9H2,1-2H3;1-2,5-8H;1-2,5-6H;1-4,8H/q2*+2;;;;;. The van der Waals surface area contributed by atoms with E-state index in [4.69, 9.17) is 59.2 Å². The Morgan fingerprint density at radius 1 is 0.254 bits per heavy atom. The summed E-state index contributed by atoms with van der Waals surface area (Å²) >= 11 is 9.83. The largest absolute Gasteiger partial charge is 0.508 e. The van der Waals surface area contributed by atoms with Gasteiger partial charge in [0.1, 0.15) is 40.2 Å². The minimum absolute atomic E-state index is 0.324. The van der Waals surface area contributed by atoms with E-state index < -0.39 is 0 Å². The van der Waals surface area contributed by atoms with Crippen LogP contribution in [0.15, 0.2) is 243 Å². The van der Waals surface area contributed by atoms with Crippen LogP contribution in [-0.2, 0) is 0 Å². The molecule has 0 bridgehead atoms. The van der Waals surface area contributed by atoms with Gasteiger partial charge in [-0.25, -0.2) is 0 Å². The van der Waals surface area contributed by atoms with Crippen LogP contribution in [0.5, 0.6) is 40.2 Å². The highest BCUT2D eigenvalue weighted by Crippen LogP contribution is 2.22. The maximum Gasteiger partial charge on any atom is 0.119 e. The highest BCUT2D eigenvalue weighted by Gasteiger charge is 2.11. The fourth-order valence-corrected chi connectivity index (χ4v) is 13.3. The molecule has 0 saturated heterocycles. The lowest BCUT2D eigenvalue weighted by molar-refractivity contribution is -0.870. The summed E-state index contributed by atoms with van der Waals surface area (Å²) in [4.78, 5) is 8.12. The van der Waals surface area contributed by atoms with Crippen LogP contribution in [0.4, 0.5) is 0 Å². The molecule has 0 atom stereocenters. The van der Waals surface area contributed by atoms with E-state index in [2.05, 4.69) is 286 Å². The highest BCUT2D eigenvalue weighted by molar-refractivity contribution is 14.1. The highest BCUT2D eigenvalue weighted by atomic mass is 127. The molecule has 0 unspecified atom stereocenters. The third-order valence-corrected chi connectivity index (χ3v) is 21.9. The number of rotatable bonds is 30. The van der Waals surface area contributed by atoms with Gasteiger partial charge < -0.3 is 61.3 Å². The zero-order chi connectivity index (χ0) is 95.0. The van der Waals surface area contributed by atoms with Gasteiger partial charge in [0.25, 0.3) is 0 Å². The smallest absolute Gasteiger partial charge is 0.119 e. The molecule has 1 N–H and O–H groups in total. The van der Waals surface area contributed by atoms with Crippen LogP contribution in [0.25, 0.3) is 0 Å². The normalized spacial score (nSPS) is 10.4. The fraction of sp³-hybridized carbons (Fsp3) is 0.304. The van der Waals surface area contributed by atoms with Gasteiger partial charge in [-0.3, -0.25) is 0 Å². The monoisotopic (exact) mass is 2110 g/mol. The van der Waals surface area contributed by atoms with Crippen molar-refractivity contribution in [3.8, 4) is 137 Å². The van der Waals surface area contributed by atoms with Crippen molar-refractivity contribution in [3.05, 3.63) is 317 Å². The van der Waals surface area contributed by atoms with Gasteiger partial charge in [0.2, 0.25) is 0 Å². The first-order valence-corrected chi connectivity index (χ1v) is 47.9. The van der Waals surface area contributed by atoms with Crippen LogP contribution < -0.4 is 28.4 Å². The number of halogens is 3. The van der Waals surface area contributed by atoms with Crippen molar-refractivity contribution in [2.24, 2.45) is 0 Å². The predicted molar refractivity (Wildman–Crippen MR) is 571 cm³/mol. The number of quaternary nitrogens is 4. The molecule has 2 aromatic heterocycles. The summed E-state index contributed by atoms with van der Waals surface area (Å²) in [5.74, 6) is 41.7. The van der Waals surface area contributed by atoms with E-state index in [9.17, 15) is 0 Å². The van der Waals surface area contributed by atoms with E-state index in [1.807, 2.05) is 206 Å². The average molecular weight is 2120 g/mol. The van der Waals surface area contributed by atoms with Gasteiger partial charge in [-0.15, -0.1) is 48.4 Å². The Labute approximate surface area is 828 Å². The second kappa shape index (κ2) is 61.1. The minimum Gasteiger partial charge on any atom is -0.508 e. The Hall–Kier alpha value is -10.6. The van der Waals surface area contributed by atoms with Crippen molar-refractivity contribution in [2.75, 3.05) is 192 Å². The Morgan fingerprint density at radius 3 is 0.654 bits per heavy atom. The van der Waals surface area contributed by atoms with Gasteiger partial charge in [-0.2, -0.15) is 0 Å². The molecule has 2 heterocycles. The van der Waals surface area contributed by atoms with Crippen LogP contribution in [0, 0.1) is 107 Å². The molecule has 0 saturated carbocycles. The molecule has 678 valence electrons. The molecule has 11 aromatic rings. The third kappa shape index (κ3) is 54.2. The van der Waals surface area contributed by atoms with Crippen molar-refractivity contribution in [1.29, 1.82) is 0 Å². The fourth-order valence-electron chi connectivity index (χ4n) is 10.9. The summed E-state index contributed by atoms with van der Waals surface area (Å²) in [6.07, 6.45) is 26.8. The molecule has 0 aliphatic rings. The number of terminal acetylenes is 4. The number of phenolic OH excluding ortho intramolecular Hbond substituents is 1. The molecule has 0 aliphatic heterocycles. The van der Waals surface area contributed by atoms with Gasteiger partial charge in [-0.1, -0.05) is 71.0 Å². The van der Waals surface area contributed by atoms with E-state index >= 15 is 0 Å². The number of nitrogens with zero attached hydrogens (tertiary/aromatic N) is 6. The maximum absolute atomic E-state index is 8.75. The molecule has 9 aromatic carbocycles. The van der Waals surface area contributed by atoms with Crippen molar-refractivity contribution in [2.45, 2.75) is 38.5 Å². The van der Waals surface area contributed by atoms with Crippen molar-refractivity contribution >= 4 is 90.4 Å². The number of aromatic hydroxyl groups is 1. The van der Waals surface area contributed by atoms with Gasteiger partial charge >= 0.3 is 0 Å². The molecular weight excluding hydrogens is 1990 g/mol. The van der Waals surface area contributed by atoms with Crippen molar-refractivity contribution in [1.82, 2.24) is 9.80 Å². The average Bonchev–Trinajstić information content (AvgIpc) is 1.71. The lowest BCUT2D eigenvalue weighted by Crippen LogP contribution is -2.36. The van der Waals surface area contributed by atoms with Gasteiger partial charge in [-0.05, 0) is 351 Å². The van der Waals surface area contributed by atoms with E-state index in [1.165, 1.54) is 18.5 Å². The Bertz CT molecular complexity index is 5180. The molecular formula is C112H129I3N6O7S2+4. The number of hydrogen-bond acceptors (Lipinski definition) is 11. The summed E-state index contributed by atoms with van der Waals surface area (Å²) < 4.78 is 42.0. The SMILES string of the molecule is C#Cc1ccc(C#C)cc1.C#Cc1ccc(C#C)s1.CN(C)CCCOc1ccc(I)cc1.CN(C)CCCOc1ccc(I)cc1.C[N+](C)(C)CCCOc1ccc(C#Cc2ccc(C#Cc3ccc(OCCC[N+](C)(C)C)cc3)cc2)cc1.C[N+](C)(C)CCCOc1ccc(C#Cc2ccc(C#Cc3ccc(OCCC[N+](C)(C)C)cc3)s2)cc1.Oc1ccc(I)cc1.